The van der Waals surface area contributed by atoms with Crippen LogP contribution in [0.4, 0.5) is 10.8 Å². The Hall–Kier alpha value is -3.25. The first-order chi connectivity index (χ1) is 14.4. The van der Waals surface area contributed by atoms with E-state index in [1.165, 1.54) is 5.56 Å². The Morgan fingerprint density at radius 1 is 1.07 bits per heavy atom. The molecule has 0 bridgehead atoms. The second-order valence-electron chi connectivity index (χ2n) is 7.62. The van der Waals surface area contributed by atoms with Crippen LogP contribution < -0.4 is 9.80 Å². The topological polar surface area (TPSA) is 49.3 Å². The van der Waals surface area contributed by atoms with Gasteiger partial charge in [0.1, 0.15) is 0 Å². The van der Waals surface area contributed by atoms with E-state index in [4.69, 9.17) is 4.98 Å². The van der Waals surface area contributed by atoms with Crippen molar-refractivity contribution >= 4 is 38.3 Å². The first-order valence-electron chi connectivity index (χ1n) is 9.78. The molecule has 0 aliphatic rings. The summed E-state index contributed by atoms with van der Waals surface area (Å²) in [5.74, 6) is -0.0717. The highest BCUT2D eigenvalue weighted by molar-refractivity contribution is 7.22. The van der Waals surface area contributed by atoms with Gasteiger partial charge in [-0.05, 0) is 66.9 Å². The van der Waals surface area contributed by atoms with Crippen LogP contribution in [-0.2, 0) is 6.54 Å². The van der Waals surface area contributed by atoms with E-state index in [2.05, 4.69) is 31.0 Å². The van der Waals surface area contributed by atoms with Crippen LogP contribution in [0.3, 0.4) is 0 Å². The van der Waals surface area contributed by atoms with E-state index in [9.17, 15) is 4.79 Å². The number of carbonyl (C=O) groups excluding carboxylic acids is 1. The van der Waals surface area contributed by atoms with Crippen LogP contribution in [0, 0.1) is 13.8 Å². The van der Waals surface area contributed by atoms with Crippen LogP contribution >= 0.6 is 11.3 Å². The number of rotatable bonds is 5. The lowest BCUT2D eigenvalue weighted by Crippen LogP contribution is -2.30. The van der Waals surface area contributed by atoms with Gasteiger partial charge in [0.15, 0.2) is 5.13 Å². The highest BCUT2D eigenvalue weighted by Gasteiger charge is 2.22. The Morgan fingerprint density at radius 3 is 2.50 bits per heavy atom. The lowest BCUT2D eigenvalue weighted by Gasteiger charge is -2.20. The number of anilines is 2. The maximum Gasteiger partial charge on any atom is 0.260 e. The molecule has 4 aromatic rings. The number of aromatic nitrogens is 2. The molecule has 0 aliphatic heterocycles. The number of thiazole rings is 1. The first-order valence-corrected chi connectivity index (χ1v) is 10.6. The third-order valence-corrected chi connectivity index (χ3v) is 6.01. The van der Waals surface area contributed by atoms with Crippen molar-refractivity contribution in [2.75, 3.05) is 23.9 Å². The van der Waals surface area contributed by atoms with Gasteiger partial charge in [-0.15, -0.1) is 0 Å². The van der Waals surface area contributed by atoms with Crippen LogP contribution in [-0.4, -0.2) is 30.0 Å². The Kier molecular flexibility index (Phi) is 5.50. The number of hydrogen-bond donors (Lipinski definition) is 0. The molecule has 0 N–H and O–H groups in total. The van der Waals surface area contributed by atoms with Gasteiger partial charge < -0.3 is 4.90 Å². The van der Waals surface area contributed by atoms with Crippen molar-refractivity contribution in [2.45, 2.75) is 20.4 Å². The smallest absolute Gasteiger partial charge is 0.260 e. The average molecular weight is 417 g/mol. The number of fused-ring (bicyclic) bond motifs is 1. The molecule has 0 atom stereocenters. The predicted molar refractivity (Wildman–Crippen MR) is 125 cm³/mol. The number of amides is 1. The fraction of sp³-hybridized carbons (Fsp3) is 0.208. The summed E-state index contributed by atoms with van der Waals surface area (Å²) >= 11 is 1.55. The molecule has 0 spiro atoms. The molecule has 5 nitrogen and oxygen atoms in total. The molecule has 0 aliphatic carbocycles. The van der Waals surface area contributed by atoms with Gasteiger partial charge in [0.2, 0.25) is 0 Å². The highest BCUT2D eigenvalue weighted by atomic mass is 32.1. The van der Waals surface area contributed by atoms with Crippen LogP contribution in [0.2, 0.25) is 0 Å². The zero-order valence-corrected chi connectivity index (χ0v) is 18.4. The lowest BCUT2D eigenvalue weighted by atomic mass is 10.1. The molecule has 152 valence electrons. The maximum absolute atomic E-state index is 13.5. The van der Waals surface area contributed by atoms with Gasteiger partial charge in [0.05, 0.1) is 16.8 Å². The van der Waals surface area contributed by atoms with Crippen LogP contribution in [0.1, 0.15) is 27.0 Å². The number of hydrogen-bond acceptors (Lipinski definition) is 5. The monoisotopic (exact) mass is 416 g/mol. The van der Waals surface area contributed by atoms with Gasteiger partial charge >= 0.3 is 0 Å². The van der Waals surface area contributed by atoms with E-state index in [1.807, 2.05) is 55.4 Å². The summed E-state index contributed by atoms with van der Waals surface area (Å²) in [5.41, 5.74) is 5.92. The molecule has 0 radical (unpaired) electrons. The Balaban J connectivity index is 1.76. The molecule has 0 saturated carbocycles. The lowest BCUT2D eigenvalue weighted by molar-refractivity contribution is 0.0985. The minimum Gasteiger partial charge on any atom is -0.378 e. The van der Waals surface area contributed by atoms with Crippen molar-refractivity contribution in [3.63, 3.8) is 0 Å². The van der Waals surface area contributed by atoms with Crippen LogP contribution in [0.5, 0.6) is 0 Å². The number of nitrogens with zero attached hydrogens (tertiary/aromatic N) is 4. The van der Waals surface area contributed by atoms with Gasteiger partial charge in [-0.2, -0.15) is 0 Å². The van der Waals surface area contributed by atoms with E-state index in [-0.39, 0.29) is 5.91 Å². The van der Waals surface area contributed by atoms with Crippen molar-refractivity contribution < 1.29 is 4.79 Å². The molecular weight excluding hydrogens is 392 g/mol. The summed E-state index contributed by atoms with van der Waals surface area (Å²) in [6.45, 7) is 4.56. The molecule has 0 saturated heterocycles. The minimum atomic E-state index is -0.0717. The third kappa shape index (κ3) is 4.04. The number of benzene rings is 2. The fourth-order valence-corrected chi connectivity index (χ4v) is 4.57. The second-order valence-corrected chi connectivity index (χ2v) is 8.63. The van der Waals surface area contributed by atoms with Crippen molar-refractivity contribution in [3.8, 4) is 0 Å². The standard InChI is InChI=1S/C24H24N4OS/c1-16-12-17(2)22-21(13-16)30-24(26-22)28(15-18-6-5-11-25-14-18)23(29)19-7-9-20(10-8-19)27(3)4/h5-14H,15H2,1-4H3. The van der Waals surface area contributed by atoms with E-state index in [1.54, 1.807) is 28.6 Å². The summed E-state index contributed by atoms with van der Waals surface area (Å²) in [7, 11) is 3.97. The normalized spacial score (nSPS) is 10.9. The maximum atomic E-state index is 13.5. The molecule has 0 fully saturated rings. The Bertz CT molecular complexity index is 1180. The summed E-state index contributed by atoms with van der Waals surface area (Å²) in [4.78, 5) is 26.3. The van der Waals surface area contributed by atoms with Crippen LogP contribution in [0.25, 0.3) is 10.2 Å². The van der Waals surface area contributed by atoms with E-state index in [0.29, 0.717) is 17.2 Å². The molecule has 4 rings (SSSR count). The number of aryl methyl sites for hydroxylation is 2. The van der Waals surface area contributed by atoms with Gasteiger partial charge in [0.25, 0.3) is 5.91 Å². The molecule has 30 heavy (non-hydrogen) atoms. The molecule has 2 aromatic carbocycles. The number of pyridine rings is 1. The highest BCUT2D eigenvalue weighted by Crippen LogP contribution is 2.33. The zero-order chi connectivity index (χ0) is 21.3. The molecular formula is C24H24N4OS. The Morgan fingerprint density at radius 2 is 1.83 bits per heavy atom. The zero-order valence-electron chi connectivity index (χ0n) is 17.6. The summed E-state index contributed by atoms with van der Waals surface area (Å²) in [6.07, 6.45) is 3.53. The van der Waals surface area contributed by atoms with Gasteiger partial charge in [-0.1, -0.05) is 23.5 Å². The quantitative estimate of drug-likeness (QED) is 0.447. The van der Waals surface area contributed by atoms with Crippen molar-refractivity contribution in [1.82, 2.24) is 9.97 Å². The fourth-order valence-electron chi connectivity index (χ4n) is 3.43. The van der Waals surface area contributed by atoms with Crippen molar-refractivity contribution in [2.24, 2.45) is 0 Å². The summed E-state index contributed by atoms with van der Waals surface area (Å²) in [5, 5.41) is 0.698. The van der Waals surface area contributed by atoms with E-state index < -0.39 is 0 Å². The van der Waals surface area contributed by atoms with Gasteiger partial charge in [0, 0.05) is 37.7 Å². The summed E-state index contributed by atoms with van der Waals surface area (Å²) in [6, 6.07) is 15.8. The SMILES string of the molecule is Cc1cc(C)c2nc(N(Cc3cccnc3)C(=O)c3ccc(N(C)C)cc3)sc2c1. The summed E-state index contributed by atoms with van der Waals surface area (Å²) < 4.78 is 1.09. The predicted octanol–water partition coefficient (Wildman–Crippen LogP) is 5.22. The van der Waals surface area contributed by atoms with Gasteiger partial charge in [-0.3, -0.25) is 14.7 Å². The molecule has 2 heterocycles. The average Bonchev–Trinajstić information content (AvgIpc) is 3.16. The molecule has 0 unspecified atom stereocenters. The second kappa shape index (κ2) is 8.24. The van der Waals surface area contributed by atoms with Crippen molar-refractivity contribution in [1.29, 1.82) is 0 Å². The first kappa shape index (κ1) is 20.0. The Labute approximate surface area is 180 Å². The van der Waals surface area contributed by atoms with E-state index in [0.717, 1.165) is 27.0 Å². The van der Waals surface area contributed by atoms with Crippen molar-refractivity contribution in [3.05, 3.63) is 83.2 Å². The largest absolute Gasteiger partial charge is 0.378 e. The third-order valence-electron chi connectivity index (χ3n) is 4.99. The van der Waals surface area contributed by atoms with Gasteiger partial charge in [-0.25, -0.2) is 4.98 Å². The number of carbonyl (C=O) groups is 1. The molecule has 6 heteroatoms. The molecule has 1 amide bonds. The van der Waals surface area contributed by atoms with E-state index >= 15 is 0 Å². The molecule has 2 aromatic heterocycles. The van der Waals surface area contributed by atoms with Crippen LogP contribution in [0.15, 0.2) is 60.9 Å². The minimum absolute atomic E-state index is 0.0717.